The standard InChI is InChI=1S/C18H26N2O3/c1-18(2,3)12-8-4-5-9-13(12)19-16(22)17(23)20-14-10-6-7-11-15(14)21/h4-5,8-9,14-15,21H,6-7,10-11H2,1-3H3,(H,19,22)(H,20,23). The van der Waals surface area contributed by atoms with Gasteiger partial charge in [-0.15, -0.1) is 0 Å². The number of para-hydroxylation sites is 1. The third kappa shape index (κ3) is 4.55. The summed E-state index contributed by atoms with van der Waals surface area (Å²) in [5.41, 5.74) is 1.48. The summed E-state index contributed by atoms with van der Waals surface area (Å²) < 4.78 is 0. The van der Waals surface area contributed by atoms with Gasteiger partial charge in [0, 0.05) is 5.69 Å². The minimum Gasteiger partial charge on any atom is -0.391 e. The molecule has 126 valence electrons. The summed E-state index contributed by atoms with van der Waals surface area (Å²) in [7, 11) is 0. The fraction of sp³-hybridized carbons (Fsp3) is 0.556. The summed E-state index contributed by atoms with van der Waals surface area (Å²) in [6.07, 6.45) is 2.72. The van der Waals surface area contributed by atoms with E-state index in [2.05, 4.69) is 31.4 Å². The van der Waals surface area contributed by atoms with E-state index in [-0.39, 0.29) is 11.5 Å². The van der Waals surface area contributed by atoms with Crippen molar-refractivity contribution in [3.8, 4) is 0 Å². The summed E-state index contributed by atoms with van der Waals surface area (Å²) in [4.78, 5) is 24.3. The number of benzene rings is 1. The van der Waals surface area contributed by atoms with Crippen LogP contribution in [0.3, 0.4) is 0 Å². The number of nitrogens with one attached hydrogen (secondary N) is 2. The van der Waals surface area contributed by atoms with Crippen molar-refractivity contribution in [3.05, 3.63) is 29.8 Å². The van der Waals surface area contributed by atoms with E-state index in [9.17, 15) is 14.7 Å². The normalized spacial score (nSPS) is 21.6. The SMILES string of the molecule is CC(C)(C)c1ccccc1NC(=O)C(=O)NC1CCCCC1O. The van der Waals surface area contributed by atoms with E-state index in [0.717, 1.165) is 18.4 Å². The third-order valence-electron chi connectivity index (χ3n) is 4.24. The Balaban J connectivity index is 2.03. The van der Waals surface area contributed by atoms with E-state index >= 15 is 0 Å². The topological polar surface area (TPSA) is 78.4 Å². The first-order valence-corrected chi connectivity index (χ1v) is 8.18. The molecule has 2 atom stereocenters. The maximum Gasteiger partial charge on any atom is 0.313 e. The maximum absolute atomic E-state index is 12.2. The van der Waals surface area contributed by atoms with Gasteiger partial charge in [-0.05, 0) is 29.9 Å². The number of hydrogen-bond donors (Lipinski definition) is 3. The van der Waals surface area contributed by atoms with Crippen LogP contribution in [0.2, 0.25) is 0 Å². The summed E-state index contributed by atoms with van der Waals surface area (Å²) in [5, 5.41) is 15.2. The number of amides is 2. The number of hydrogen-bond acceptors (Lipinski definition) is 3. The van der Waals surface area contributed by atoms with Gasteiger partial charge < -0.3 is 15.7 Å². The number of carbonyl (C=O) groups is 2. The molecule has 1 aliphatic carbocycles. The van der Waals surface area contributed by atoms with Gasteiger partial charge in [0.1, 0.15) is 0 Å². The Bertz CT molecular complexity index is 578. The number of carbonyl (C=O) groups excluding carboxylic acids is 2. The summed E-state index contributed by atoms with van der Waals surface area (Å²) in [6, 6.07) is 7.14. The van der Waals surface area contributed by atoms with Crippen molar-refractivity contribution in [2.45, 2.75) is 64.0 Å². The van der Waals surface area contributed by atoms with Crippen molar-refractivity contribution in [1.82, 2.24) is 5.32 Å². The van der Waals surface area contributed by atoms with Gasteiger partial charge in [-0.25, -0.2) is 0 Å². The Labute approximate surface area is 137 Å². The second-order valence-corrected chi connectivity index (χ2v) is 7.18. The number of anilines is 1. The second kappa shape index (κ2) is 7.13. The molecule has 0 bridgehead atoms. The molecule has 2 unspecified atom stereocenters. The number of aliphatic hydroxyl groups excluding tert-OH is 1. The van der Waals surface area contributed by atoms with Crippen LogP contribution in [0.25, 0.3) is 0 Å². The molecule has 1 aromatic rings. The fourth-order valence-corrected chi connectivity index (χ4v) is 2.94. The molecule has 0 heterocycles. The van der Waals surface area contributed by atoms with Gasteiger partial charge in [-0.1, -0.05) is 51.8 Å². The van der Waals surface area contributed by atoms with E-state index < -0.39 is 17.9 Å². The smallest absolute Gasteiger partial charge is 0.313 e. The lowest BCUT2D eigenvalue weighted by molar-refractivity contribution is -0.137. The molecule has 2 amide bonds. The summed E-state index contributed by atoms with van der Waals surface area (Å²) in [6.45, 7) is 6.16. The van der Waals surface area contributed by atoms with Crippen LogP contribution in [-0.4, -0.2) is 29.1 Å². The van der Waals surface area contributed by atoms with E-state index in [1.54, 1.807) is 6.07 Å². The van der Waals surface area contributed by atoms with Crippen LogP contribution in [0, 0.1) is 0 Å². The van der Waals surface area contributed by atoms with Crippen LogP contribution in [0.15, 0.2) is 24.3 Å². The highest BCUT2D eigenvalue weighted by Crippen LogP contribution is 2.29. The van der Waals surface area contributed by atoms with E-state index in [0.29, 0.717) is 18.5 Å². The lowest BCUT2D eigenvalue weighted by Crippen LogP contribution is -2.48. The Morgan fingerprint density at radius 3 is 2.39 bits per heavy atom. The number of rotatable bonds is 2. The van der Waals surface area contributed by atoms with Gasteiger partial charge in [-0.3, -0.25) is 9.59 Å². The molecule has 1 fully saturated rings. The van der Waals surface area contributed by atoms with Crippen molar-refractivity contribution in [1.29, 1.82) is 0 Å². The van der Waals surface area contributed by atoms with Crippen molar-refractivity contribution in [3.63, 3.8) is 0 Å². The van der Waals surface area contributed by atoms with Crippen molar-refractivity contribution in [2.75, 3.05) is 5.32 Å². The predicted molar refractivity (Wildman–Crippen MR) is 90.2 cm³/mol. The molecule has 1 aromatic carbocycles. The zero-order valence-electron chi connectivity index (χ0n) is 14.1. The minimum atomic E-state index is -0.695. The zero-order valence-corrected chi connectivity index (χ0v) is 14.1. The molecule has 5 heteroatoms. The molecular weight excluding hydrogens is 292 g/mol. The van der Waals surface area contributed by atoms with Crippen LogP contribution < -0.4 is 10.6 Å². The number of aliphatic hydroxyl groups is 1. The third-order valence-corrected chi connectivity index (χ3v) is 4.24. The molecule has 0 spiro atoms. The highest BCUT2D eigenvalue weighted by molar-refractivity contribution is 6.39. The molecule has 0 saturated heterocycles. The fourth-order valence-electron chi connectivity index (χ4n) is 2.94. The molecule has 0 aromatic heterocycles. The van der Waals surface area contributed by atoms with Gasteiger partial charge in [-0.2, -0.15) is 0 Å². The molecule has 1 saturated carbocycles. The highest BCUT2D eigenvalue weighted by Gasteiger charge is 2.27. The lowest BCUT2D eigenvalue weighted by Gasteiger charge is -2.28. The minimum absolute atomic E-state index is 0.139. The zero-order chi connectivity index (χ0) is 17.0. The monoisotopic (exact) mass is 318 g/mol. The van der Waals surface area contributed by atoms with Crippen molar-refractivity contribution < 1.29 is 14.7 Å². The molecule has 2 rings (SSSR count). The van der Waals surface area contributed by atoms with Crippen LogP contribution in [0.4, 0.5) is 5.69 Å². The van der Waals surface area contributed by atoms with Crippen LogP contribution in [0.5, 0.6) is 0 Å². The Kier molecular flexibility index (Phi) is 5.42. The molecule has 5 nitrogen and oxygen atoms in total. The Morgan fingerprint density at radius 2 is 1.74 bits per heavy atom. The average molecular weight is 318 g/mol. The second-order valence-electron chi connectivity index (χ2n) is 7.18. The van der Waals surface area contributed by atoms with Gasteiger partial charge in [0.15, 0.2) is 0 Å². The van der Waals surface area contributed by atoms with Crippen LogP contribution in [-0.2, 0) is 15.0 Å². The first-order chi connectivity index (χ1) is 10.8. The molecule has 0 aliphatic heterocycles. The molecule has 1 aliphatic rings. The largest absolute Gasteiger partial charge is 0.391 e. The summed E-state index contributed by atoms with van der Waals surface area (Å²) in [5.74, 6) is -1.39. The lowest BCUT2D eigenvalue weighted by atomic mass is 9.86. The van der Waals surface area contributed by atoms with Gasteiger partial charge in [0.25, 0.3) is 0 Å². The first-order valence-electron chi connectivity index (χ1n) is 8.18. The quantitative estimate of drug-likeness (QED) is 0.732. The molecule has 23 heavy (non-hydrogen) atoms. The maximum atomic E-state index is 12.2. The van der Waals surface area contributed by atoms with E-state index in [4.69, 9.17) is 0 Å². The van der Waals surface area contributed by atoms with Crippen molar-refractivity contribution in [2.24, 2.45) is 0 Å². The molecule has 0 radical (unpaired) electrons. The van der Waals surface area contributed by atoms with Crippen LogP contribution >= 0.6 is 0 Å². The van der Waals surface area contributed by atoms with Crippen molar-refractivity contribution >= 4 is 17.5 Å². The highest BCUT2D eigenvalue weighted by atomic mass is 16.3. The Morgan fingerprint density at radius 1 is 1.09 bits per heavy atom. The van der Waals surface area contributed by atoms with Gasteiger partial charge >= 0.3 is 11.8 Å². The molecular formula is C18H26N2O3. The van der Waals surface area contributed by atoms with Gasteiger partial charge in [0.2, 0.25) is 0 Å². The first kappa shape index (κ1) is 17.5. The molecule has 3 N–H and O–H groups in total. The Hall–Kier alpha value is -1.88. The summed E-state index contributed by atoms with van der Waals surface area (Å²) >= 11 is 0. The van der Waals surface area contributed by atoms with Gasteiger partial charge in [0.05, 0.1) is 12.1 Å². The average Bonchev–Trinajstić information content (AvgIpc) is 2.49. The van der Waals surface area contributed by atoms with E-state index in [1.165, 1.54) is 0 Å². The van der Waals surface area contributed by atoms with E-state index in [1.807, 2.05) is 18.2 Å². The van der Waals surface area contributed by atoms with Crippen LogP contribution in [0.1, 0.15) is 52.0 Å². The predicted octanol–water partition coefficient (Wildman–Crippen LogP) is 2.34.